The first kappa shape index (κ1) is 5.04. The molecule has 1 saturated carbocycles. The van der Waals surface area contributed by atoms with Gasteiger partial charge in [0, 0.05) is 6.61 Å². The molecule has 0 spiro atoms. The van der Waals surface area contributed by atoms with E-state index in [1.54, 1.807) is 0 Å². The summed E-state index contributed by atoms with van der Waals surface area (Å²) in [4.78, 5) is 0. The third-order valence-corrected chi connectivity index (χ3v) is 1.50. The fraction of sp³-hybridized carbons (Fsp3) is 1.00. The summed E-state index contributed by atoms with van der Waals surface area (Å²) in [5.41, 5.74) is 0. The number of aliphatic hydroxyl groups excluding tert-OH is 1. The zero-order chi connectivity index (χ0) is 5.28. The number of rotatable bonds is 2. The van der Waals surface area contributed by atoms with E-state index in [0.717, 1.165) is 6.42 Å². The van der Waals surface area contributed by atoms with Gasteiger partial charge in [-0.2, -0.15) is 0 Å². The van der Waals surface area contributed by atoms with Gasteiger partial charge in [0.2, 0.25) is 0 Å². The Morgan fingerprint density at radius 1 is 1.57 bits per heavy atom. The summed E-state index contributed by atoms with van der Waals surface area (Å²) in [6, 6.07) is 0. The molecule has 0 unspecified atom stereocenters. The van der Waals surface area contributed by atoms with E-state index in [2.05, 4.69) is 0 Å². The molecule has 0 amide bonds. The molecule has 0 aromatic heterocycles. The molecule has 0 aromatic rings. The van der Waals surface area contributed by atoms with Crippen molar-refractivity contribution in [2.45, 2.75) is 6.42 Å². The molecule has 0 aromatic carbocycles. The summed E-state index contributed by atoms with van der Waals surface area (Å²) < 4.78 is 11.5. The molecule has 2 heteroatoms. The highest BCUT2D eigenvalue weighted by atomic mass is 19.1. The Morgan fingerprint density at radius 3 is 2.43 bits per heavy atom. The standard InChI is InChI=1S/C5H9FO/c6-2-4-1-5(4)3-7/h4-5,7H,1-3H2/t4-,5-/m1/s1. The van der Waals surface area contributed by atoms with Crippen LogP contribution in [-0.2, 0) is 0 Å². The molecule has 1 aliphatic rings. The minimum absolute atomic E-state index is 0.175. The van der Waals surface area contributed by atoms with Crippen LogP contribution in [0.3, 0.4) is 0 Å². The van der Waals surface area contributed by atoms with Crippen molar-refractivity contribution in [2.75, 3.05) is 13.3 Å². The molecule has 0 aliphatic heterocycles. The van der Waals surface area contributed by atoms with E-state index in [9.17, 15) is 4.39 Å². The molecule has 2 atom stereocenters. The van der Waals surface area contributed by atoms with E-state index in [-0.39, 0.29) is 19.2 Å². The predicted molar refractivity (Wildman–Crippen MR) is 24.7 cm³/mol. The number of aliphatic hydroxyl groups is 1. The van der Waals surface area contributed by atoms with Crippen LogP contribution in [0.1, 0.15) is 6.42 Å². The molecule has 1 N–H and O–H groups in total. The van der Waals surface area contributed by atoms with Crippen LogP contribution >= 0.6 is 0 Å². The average Bonchev–Trinajstić information content (AvgIpc) is 2.43. The lowest BCUT2D eigenvalue weighted by Gasteiger charge is -1.83. The van der Waals surface area contributed by atoms with Crippen molar-refractivity contribution >= 4 is 0 Å². The molecule has 0 radical (unpaired) electrons. The van der Waals surface area contributed by atoms with E-state index in [1.165, 1.54) is 0 Å². The Kier molecular flexibility index (Phi) is 1.28. The van der Waals surface area contributed by atoms with Crippen molar-refractivity contribution in [3.63, 3.8) is 0 Å². The van der Waals surface area contributed by atoms with Gasteiger partial charge in [0.1, 0.15) is 0 Å². The number of hydrogen-bond acceptors (Lipinski definition) is 1. The Morgan fingerprint density at radius 2 is 2.29 bits per heavy atom. The van der Waals surface area contributed by atoms with Crippen LogP contribution in [0.25, 0.3) is 0 Å². The molecular weight excluding hydrogens is 95.1 g/mol. The maximum Gasteiger partial charge on any atom is 0.0926 e. The first-order valence-electron chi connectivity index (χ1n) is 2.55. The van der Waals surface area contributed by atoms with E-state index >= 15 is 0 Å². The van der Waals surface area contributed by atoms with E-state index in [4.69, 9.17) is 5.11 Å². The first-order valence-corrected chi connectivity index (χ1v) is 2.55. The van der Waals surface area contributed by atoms with E-state index < -0.39 is 0 Å². The van der Waals surface area contributed by atoms with Crippen LogP contribution in [-0.4, -0.2) is 18.4 Å². The van der Waals surface area contributed by atoms with Crippen molar-refractivity contribution in [3.8, 4) is 0 Å². The topological polar surface area (TPSA) is 20.2 Å². The molecule has 1 nitrogen and oxygen atoms in total. The smallest absolute Gasteiger partial charge is 0.0926 e. The quantitative estimate of drug-likeness (QED) is 0.543. The molecule has 0 heterocycles. The predicted octanol–water partition coefficient (Wildman–Crippen LogP) is 0.584. The van der Waals surface area contributed by atoms with Gasteiger partial charge in [0.15, 0.2) is 0 Å². The fourth-order valence-electron chi connectivity index (χ4n) is 0.723. The SMILES string of the molecule is OC[C@H]1C[C@@H]1CF. The maximum atomic E-state index is 11.5. The molecular formula is C5H9FO. The Labute approximate surface area is 42.2 Å². The van der Waals surface area contributed by atoms with Gasteiger partial charge in [-0.1, -0.05) is 0 Å². The van der Waals surface area contributed by atoms with Crippen molar-refractivity contribution in [3.05, 3.63) is 0 Å². The van der Waals surface area contributed by atoms with Gasteiger partial charge in [-0.05, 0) is 18.3 Å². The third kappa shape index (κ3) is 0.911. The minimum Gasteiger partial charge on any atom is -0.396 e. The minimum atomic E-state index is -0.245. The van der Waals surface area contributed by atoms with Crippen LogP contribution in [0.4, 0.5) is 4.39 Å². The number of hydrogen-bond donors (Lipinski definition) is 1. The largest absolute Gasteiger partial charge is 0.396 e. The van der Waals surface area contributed by atoms with Gasteiger partial charge in [-0.25, -0.2) is 0 Å². The van der Waals surface area contributed by atoms with Gasteiger partial charge >= 0.3 is 0 Å². The summed E-state index contributed by atoms with van der Waals surface area (Å²) in [6.07, 6.45) is 0.896. The van der Waals surface area contributed by atoms with Crippen LogP contribution in [0.2, 0.25) is 0 Å². The van der Waals surface area contributed by atoms with Crippen molar-refractivity contribution < 1.29 is 9.50 Å². The summed E-state index contributed by atoms with van der Waals surface area (Å²) in [7, 11) is 0. The van der Waals surface area contributed by atoms with Gasteiger partial charge in [0.05, 0.1) is 6.67 Å². The third-order valence-electron chi connectivity index (χ3n) is 1.50. The van der Waals surface area contributed by atoms with Crippen LogP contribution < -0.4 is 0 Å². The highest BCUT2D eigenvalue weighted by Crippen LogP contribution is 2.37. The van der Waals surface area contributed by atoms with Crippen LogP contribution in [0.5, 0.6) is 0 Å². The van der Waals surface area contributed by atoms with Crippen molar-refractivity contribution in [1.29, 1.82) is 0 Å². The van der Waals surface area contributed by atoms with E-state index in [0.29, 0.717) is 5.92 Å². The van der Waals surface area contributed by atoms with Crippen molar-refractivity contribution in [2.24, 2.45) is 11.8 Å². The van der Waals surface area contributed by atoms with Gasteiger partial charge in [-0.3, -0.25) is 4.39 Å². The molecule has 0 saturated heterocycles. The summed E-state index contributed by atoms with van der Waals surface area (Å²) in [5, 5.41) is 8.34. The molecule has 1 fully saturated rings. The summed E-state index contributed by atoms with van der Waals surface area (Å²) in [6.45, 7) is -0.0696. The fourth-order valence-corrected chi connectivity index (χ4v) is 0.723. The lowest BCUT2D eigenvalue weighted by Crippen LogP contribution is -1.88. The second-order valence-electron chi connectivity index (χ2n) is 2.09. The second-order valence-corrected chi connectivity index (χ2v) is 2.09. The Balaban J connectivity index is 2.06. The molecule has 1 rings (SSSR count). The van der Waals surface area contributed by atoms with Gasteiger partial charge < -0.3 is 5.11 Å². The van der Waals surface area contributed by atoms with Crippen LogP contribution in [0.15, 0.2) is 0 Å². The maximum absolute atomic E-state index is 11.5. The molecule has 7 heavy (non-hydrogen) atoms. The molecule has 0 bridgehead atoms. The zero-order valence-corrected chi connectivity index (χ0v) is 4.10. The van der Waals surface area contributed by atoms with Gasteiger partial charge in [-0.15, -0.1) is 0 Å². The Bertz CT molecular complexity index is 57.1. The average molecular weight is 104 g/mol. The molecule has 42 valence electrons. The highest BCUT2D eigenvalue weighted by Gasteiger charge is 2.35. The summed E-state index contributed by atoms with van der Waals surface area (Å²) >= 11 is 0. The zero-order valence-electron chi connectivity index (χ0n) is 4.10. The second kappa shape index (κ2) is 1.78. The number of alkyl halides is 1. The molecule has 1 aliphatic carbocycles. The van der Waals surface area contributed by atoms with Gasteiger partial charge in [0.25, 0.3) is 0 Å². The highest BCUT2D eigenvalue weighted by molar-refractivity contribution is 4.84. The Hall–Kier alpha value is -0.110. The van der Waals surface area contributed by atoms with E-state index in [1.807, 2.05) is 0 Å². The monoisotopic (exact) mass is 104 g/mol. The first-order chi connectivity index (χ1) is 3.38. The normalized spacial score (nSPS) is 38.6. The van der Waals surface area contributed by atoms with Crippen LogP contribution in [0, 0.1) is 11.8 Å². The lowest BCUT2D eigenvalue weighted by atomic mass is 10.4. The summed E-state index contributed by atoms with van der Waals surface area (Å²) in [5.74, 6) is 0.495. The lowest BCUT2D eigenvalue weighted by molar-refractivity contribution is 0.262. The van der Waals surface area contributed by atoms with Crippen molar-refractivity contribution in [1.82, 2.24) is 0 Å². The number of halogens is 1.